The van der Waals surface area contributed by atoms with E-state index in [4.69, 9.17) is 13.8 Å². The fourth-order valence-corrected chi connectivity index (χ4v) is 3.48. The molecular formula is C11H22NO7P. The third-order valence-corrected chi connectivity index (χ3v) is 4.79. The maximum Gasteiger partial charge on any atom is 0.403 e. The summed E-state index contributed by atoms with van der Waals surface area (Å²) < 4.78 is 27.0. The summed E-state index contributed by atoms with van der Waals surface area (Å²) in [5.74, 6) is -1.89. The second-order valence-electron chi connectivity index (χ2n) is 3.84. The molecule has 1 atom stereocenters. The number of carbonyl (C=O) groups excluding carboxylic acids is 1. The van der Waals surface area contributed by atoms with Gasteiger partial charge in [-0.05, 0) is 27.2 Å². The highest BCUT2D eigenvalue weighted by Crippen LogP contribution is 2.54. The number of nitrogens with zero attached hydrogens (tertiary/aromatic N) is 1. The van der Waals surface area contributed by atoms with Crippen LogP contribution in [0.4, 0.5) is 0 Å². The number of esters is 1. The third-order valence-electron chi connectivity index (χ3n) is 2.38. The molecule has 0 amide bonds. The predicted molar refractivity (Wildman–Crippen MR) is 72.1 cm³/mol. The average Bonchev–Trinajstić information content (AvgIpc) is 2.34. The lowest BCUT2D eigenvalue weighted by Crippen LogP contribution is -2.23. The van der Waals surface area contributed by atoms with Crippen LogP contribution in [0, 0.1) is 10.1 Å². The predicted octanol–water partition coefficient (Wildman–Crippen LogP) is 2.59. The van der Waals surface area contributed by atoms with Crippen LogP contribution in [0.2, 0.25) is 0 Å². The molecule has 0 rings (SSSR count). The summed E-state index contributed by atoms with van der Waals surface area (Å²) in [6.07, 6.45) is 0.161. The largest absolute Gasteiger partial charge is 0.466 e. The summed E-state index contributed by atoms with van der Waals surface area (Å²) in [5, 5.41) is 11.1. The Hall–Kier alpha value is -0.980. The first-order chi connectivity index (χ1) is 9.41. The third kappa shape index (κ3) is 6.45. The molecule has 118 valence electrons. The summed E-state index contributed by atoms with van der Waals surface area (Å²) in [7, 11) is -3.81. The van der Waals surface area contributed by atoms with E-state index in [-0.39, 0.29) is 39.1 Å². The quantitative estimate of drug-likeness (QED) is 0.250. The van der Waals surface area contributed by atoms with Gasteiger partial charge in [-0.15, -0.1) is 0 Å². The lowest BCUT2D eigenvalue weighted by molar-refractivity contribution is -0.502. The number of ether oxygens (including phenoxy) is 1. The molecule has 0 aromatic carbocycles. The first-order valence-corrected chi connectivity index (χ1v) is 8.20. The molecule has 0 aliphatic heterocycles. The average molecular weight is 311 g/mol. The van der Waals surface area contributed by atoms with E-state index in [2.05, 4.69) is 0 Å². The molecular weight excluding hydrogens is 289 g/mol. The fourth-order valence-electron chi connectivity index (χ4n) is 1.61. The summed E-state index contributed by atoms with van der Waals surface area (Å²) in [4.78, 5) is 21.6. The highest BCUT2D eigenvalue weighted by Gasteiger charge is 2.44. The molecule has 0 N–H and O–H groups in total. The molecule has 0 bridgehead atoms. The lowest BCUT2D eigenvalue weighted by atomic mass is 10.2. The van der Waals surface area contributed by atoms with Crippen molar-refractivity contribution in [2.45, 2.75) is 45.8 Å². The summed E-state index contributed by atoms with van der Waals surface area (Å²) >= 11 is 0. The Labute approximate surface area is 118 Å². The molecule has 0 aliphatic rings. The highest BCUT2D eigenvalue weighted by atomic mass is 31.2. The number of hydrogen-bond donors (Lipinski definition) is 0. The molecule has 0 radical (unpaired) electrons. The van der Waals surface area contributed by atoms with Crippen LogP contribution in [0.3, 0.4) is 0 Å². The maximum absolute atomic E-state index is 12.4. The second kappa shape index (κ2) is 9.85. The first kappa shape index (κ1) is 19.0. The molecule has 20 heavy (non-hydrogen) atoms. The van der Waals surface area contributed by atoms with Crippen molar-refractivity contribution in [3.63, 3.8) is 0 Å². The van der Waals surface area contributed by atoms with Gasteiger partial charge in [0.1, 0.15) is 0 Å². The Bertz CT molecular complexity index is 351. The maximum atomic E-state index is 12.4. The zero-order valence-corrected chi connectivity index (χ0v) is 13.0. The Morgan fingerprint density at radius 2 is 1.75 bits per heavy atom. The summed E-state index contributed by atoms with van der Waals surface area (Å²) in [5.41, 5.74) is 0. The smallest absolute Gasteiger partial charge is 0.403 e. The van der Waals surface area contributed by atoms with E-state index >= 15 is 0 Å². The van der Waals surface area contributed by atoms with Crippen LogP contribution in [0.15, 0.2) is 0 Å². The van der Waals surface area contributed by atoms with Crippen molar-refractivity contribution in [3.05, 3.63) is 10.1 Å². The number of hydrogen-bond acceptors (Lipinski definition) is 7. The van der Waals surface area contributed by atoms with Crippen LogP contribution in [0.5, 0.6) is 0 Å². The molecule has 0 aromatic heterocycles. The number of nitro groups is 1. The normalized spacial score (nSPS) is 12.9. The van der Waals surface area contributed by atoms with Crippen molar-refractivity contribution in [3.8, 4) is 0 Å². The van der Waals surface area contributed by atoms with Gasteiger partial charge in [-0.2, -0.15) is 0 Å². The first-order valence-electron chi connectivity index (χ1n) is 6.59. The Morgan fingerprint density at radius 1 is 1.20 bits per heavy atom. The molecule has 0 fully saturated rings. The minimum absolute atomic E-state index is 0.0381. The second-order valence-corrected chi connectivity index (χ2v) is 6.03. The van der Waals surface area contributed by atoms with Crippen LogP contribution in [-0.2, 0) is 23.1 Å². The van der Waals surface area contributed by atoms with Crippen LogP contribution >= 0.6 is 7.60 Å². The van der Waals surface area contributed by atoms with Gasteiger partial charge in [-0.3, -0.25) is 19.5 Å². The van der Waals surface area contributed by atoms with E-state index in [0.717, 1.165) is 0 Å². The number of rotatable bonds is 11. The Balaban J connectivity index is 4.65. The van der Waals surface area contributed by atoms with E-state index in [9.17, 15) is 19.5 Å². The standard InChI is InChI=1S/C11H22NO7P/c1-4-17-11(13)9-7-8-10(12(14)15)20(16,18-5-2)19-6-3/h10H,4-9H2,1-3H3. The van der Waals surface area contributed by atoms with Gasteiger partial charge in [0.15, 0.2) is 0 Å². The minimum atomic E-state index is -3.81. The summed E-state index contributed by atoms with van der Waals surface area (Å²) in [6.45, 7) is 5.21. The van der Waals surface area contributed by atoms with Crippen LogP contribution in [0.25, 0.3) is 0 Å². The van der Waals surface area contributed by atoms with Crippen molar-refractivity contribution < 1.29 is 28.1 Å². The van der Waals surface area contributed by atoms with Crippen LogP contribution in [-0.4, -0.2) is 36.5 Å². The molecule has 8 nitrogen and oxygen atoms in total. The van der Waals surface area contributed by atoms with Gasteiger partial charge in [0.2, 0.25) is 0 Å². The van der Waals surface area contributed by atoms with Crippen molar-refractivity contribution in [2.75, 3.05) is 19.8 Å². The molecule has 0 heterocycles. The fraction of sp³-hybridized carbons (Fsp3) is 0.909. The van der Waals surface area contributed by atoms with Gasteiger partial charge in [-0.1, -0.05) is 0 Å². The summed E-state index contributed by atoms with van der Waals surface area (Å²) in [6, 6.07) is 0. The van der Waals surface area contributed by atoms with E-state index in [1.165, 1.54) is 0 Å². The highest BCUT2D eigenvalue weighted by molar-refractivity contribution is 7.54. The SMILES string of the molecule is CCOC(=O)CCCC([N+](=O)[O-])P(=O)(OCC)OCC. The van der Waals surface area contributed by atoms with Crippen molar-refractivity contribution >= 4 is 13.6 Å². The molecule has 0 saturated heterocycles. The van der Waals surface area contributed by atoms with Crippen LogP contribution in [0.1, 0.15) is 40.0 Å². The minimum Gasteiger partial charge on any atom is -0.466 e. The zero-order valence-electron chi connectivity index (χ0n) is 12.1. The van der Waals surface area contributed by atoms with Gasteiger partial charge in [0, 0.05) is 17.8 Å². The Kier molecular flexibility index (Phi) is 9.37. The van der Waals surface area contributed by atoms with Crippen LogP contribution < -0.4 is 0 Å². The van der Waals surface area contributed by atoms with E-state index in [0.29, 0.717) is 0 Å². The van der Waals surface area contributed by atoms with Gasteiger partial charge in [0.05, 0.1) is 19.8 Å². The molecule has 0 saturated carbocycles. The topological polar surface area (TPSA) is 105 Å². The molecule has 9 heteroatoms. The van der Waals surface area contributed by atoms with Crippen molar-refractivity contribution in [1.29, 1.82) is 0 Å². The van der Waals surface area contributed by atoms with Crippen molar-refractivity contribution in [2.24, 2.45) is 0 Å². The van der Waals surface area contributed by atoms with Gasteiger partial charge in [-0.25, -0.2) is 0 Å². The lowest BCUT2D eigenvalue weighted by Gasteiger charge is -2.20. The zero-order chi connectivity index (χ0) is 15.6. The van der Waals surface area contributed by atoms with E-state index < -0.39 is 24.3 Å². The van der Waals surface area contributed by atoms with E-state index in [1.54, 1.807) is 20.8 Å². The molecule has 1 unspecified atom stereocenters. The molecule has 0 aliphatic carbocycles. The van der Waals surface area contributed by atoms with Gasteiger partial charge < -0.3 is 13.8 Å². The number of carbonyl (C=O) groups is 1. The molecule has 0 aromatic rings. The Morgan fingerprint density at radius 3 is 2.15 bits per heavy atom. The van der Waals surface area contributed by atoms with E-state index in [1.807, 2.05) is 0 Å². The van der Waals surface area contributed by atoms with Gasteiger partial charge in [0.25, 0.3) is 0 Å². The monoisotopic (exact) mass is 311 g/mol. The van der Waals surface area contributed by atoms with Gasteiger partial charge >= 0.3 is 19.3 Å². The van der Waals surface area contributed by atoms with Crippen molar-refractivity contribution in [1.82, 2.24) is 0 Å². The molecule has 0 spiro atoms.